The molecular weight excluding hydrogens is 312 g/mol. The molecule has 3 aliphatic carbocycles. The number of hydrogen-bond donors (Lipinski definition) is 0. The fourth-order valence-electron chi connectivity index (χ4n) is 5.53. The third kappa shape index (κ3) is 1.40. The molecule has 0 heterocycles. The van der Waals surface area contributed by atoms with E-state index in [-0.39, 0.29) is 0 Å². The van der Waals surface area contributed by atoms with Crippen LogP contribution in [0.5, 0.6) is 0 Å². The zero-order chi connectivity index (χ0) is 16.8. The molecule has 120 valence electrons. The lowest BCUT2D eigenvalue weighted by atomic mass is 9.80. The lowest BCUT2D eigenvalue weighted by molar-refractivity contribution is 0.775. The van der Waals surface area contributed by atoms with Gasteiger partial charge in [0.05, 0.1) is 0 Å². The molecule has 2 unspecified atom stereocenters. The molecule has 2 atom stereocenters. The molecule has 0 nitrogen and oxygen atoms in total. The third-order valence-electron chi connectivity index (χ3n) is 6.54. The number of fused-ring (bicyclic) bond motifs is 6. The number of rotatable bonds is 0. The molecule has 7 rings (SSSR count). The lowest BCUT2D eigenvalue weighted by Gasteiger charge is -2.23. The van der Waals surface area contributed by atoms with Gasteiger partial charge in [0.25, 0.3) is 0 Å². The first-order valence-electron chi connectivity index (χ1n) is 9.38. The Hall–Kier alpha value is -3.12. The molecule has 4 aromatic rings. The summed E-state index contributed by atoms with van der Waals surface area (Å²) in [6, 6.07) is 27.0. The van der Waals surface area contributed by atoms with E-state index in [0.717, 1.165) is 0 Å². The van der Waals surface area contributed by atoms with Gasteiger partial charge in [-0.05, 0) is 54.9 Å². The van der Waals surface area contributed by atoms with E-state index < -0.39 is 0 Å². The van der Waals surface area contributed by atoms with Crippen LogP contribution in [0.3, 0.4) is 0 Å². The number of hydrogen-bond acceptors (Lipinski definition) is 0. The molecule has 0 radical (unpaired) electrons. The van der Waals surface area contributed by atoms with Gasteiger partial charge in [0.2, 0.25) is 0 Å². The quantitative estimate of drug-likeness (QED) is 0.338. The summed E-state index contributed by atoms with van der Waals surface area (Å²) in [6.45, 7) is 0. The van der Waals surface area contributed by atoms with Crippen LogP contribution >= 0.6 is 0 Å². The standard InChI is InChI=1S/C26H16/c1-5-15-6-2-10-18-22-14-24-20-12-4-8-16-7-3-11-19(26(16)20)23(24)13-21(22)17(9-1)25(15)18/h1-14,21-22H. The summed E-state index contributed by atoms with van der Waals surface area (Å²) >= 11 is 0. The summed E-state index contributed by atoms with van der Waals surface area (Å²) in [5, 5.41) is 5.63. The molecule has 0 saturated heterocycles. The van der Waals surface area contributed by atoms with Crippen LogP contribution in [0.25, 0.3) is 32.7 Å². The van der Waals surface area contributed by atoms with Crippen LogP contribution in [-0.4, -0.2) is 0 Å². The highest BCUT2D eigenvalue weighted by atomic mass is 14.4. The van der Waals surface area contributed by atoms with Gasteiger partial charge < -0.3 is 0 Å². The Bertz CT molecular complexity index is 1240. The number of allylic oxidation sites excluding steroid dienone is 4. The van der Waals surface area contributed by atoms with Gasteiger partial charge in [0.1, 0.15) is 0 Å². The van der Waals surface area contributed by atoms with Crippen molar-refractivity contribution in [3.63, 3.8) is 0 Å². The first-order chi connectivity index (χ1) is 12.9. The van der Waals surface area contributed by atoms with Gasteiger partial charge in [0.15, 0.2) is 0 Å². The topological polar surface area (TPSA) is 0 Å². The van der Waals surface area contributed by atoms with Crippen LogP contribution in [0.1, 0.15) is 34.1 Å². The molecule has 0 aromatic heterocycles. The molecule has 4 aromatic carbocycles. The highest BCUT2D eigenvalue weighted by molar-refractivity contribution is 6.23. The molecule has 0 amide bonds. The van der Waals surface area contributed by atoms with Crippen molar-refractivity contribution in [3.8, 4) is 0 Å². The van der Waals surface area contributed by atoms with Gasteiger partial charge in [-0.1, -0.05) is 84.9 Å². The molecule has 3 aliphatic rings. The van der Waals surface area contributed by atoms with E-state index >= 15 is 0 Å². The molecule has 0 saturated carbocycles. The molecule has 0 aliphatic heterocycles. The van der Waals surface area contributed by atoms with Crippen molar-refractivity contribution in [2.24, 2.45) is 0 Å². The van der Waals surface area contributed by atoms with Crippen molar-refractivity contribution in [3.05, 3.63) is 107 Å². The maximum atomic E-state index is 2.55. The van der Waals surface area contributed by atoms with Gasteiger partial charge in [-0.3, -0.25) is 0 Å². The van der Waals surface area contributed by atoms with E-state index in [2.05, 4.69) is 84.9 Å². The van der Waals surface area contributed by atoms with Crippen molar-refractivity contribution in [2.75, 3.05) is 0 Å². The fourth-order valence-corrected chi connectivity index (χ4v) is 5.53. The van der Waals surface area contributed by atoms with Gasteiger partial charge in [-0.25, -0.2) is 0 Å². The smallest absolute Gasteiger partial charge is 0.0138 e. The van der Waals surface area contributed by atoms with E-state index in [1.165, 1.54) is 54.9 Å². The second kappa shape index (κ2) is 4.34. The predicted molar refractivity (Wildman–Crippen MR) is 109 cm³/mol. The summed E-state index contributed by atoms with van der Waals surface area (Å²) < 4.78 is 0. The summed E-state index contributed by atoms with van der Waals surface area (Å²) in [4.78, 5) is 0. The van der Waals surface area contributed by atoms with Crippen molar-refractivity contribution >= 4 is 32.7 Å². The Labute approximate surface area is 152 Å². The van der Waals surface area contributed by atoms with Crippen molar-refractivity contribution < 1.29 is 0 Å². The highest BCUT2D eigenvalue weighted by Gasteiger charge is 2.37. The third-order valence-corrected chi connectivity index (χ3v) is 6.54. The Kier molecular flexibility index (Phi) is 2.19. The maximum absolute atomic E-state index is 2.55. The van der Waals surface area contributed by atoms with E-state index in [1.54, 1.807) is 0 Å². The van der Waals surface area contributed by atoms with Crippen LogP contribution in [0.15, 0.2) is 84.9 Å². The first kappa shape index (κ1) is 13.1. The predicted octanol–water partition coefficient (Wildman–Crippen LogP) is 6.67. The van der Waals surface area contributed by atoms with E-state index in [0.29, 0.717) is 11.8 Å². The monoisotopic (exact) mass is 328 g/mol. The zero-order valence-corrected chi connectivity index (χ0v) is 14.2. The van der Waals surface area contributed by atoms with Crippen LogP contribution in [0.4, 0.5) is 0 Å². The molecule has 0 heteroatoms. The molecule has 0 bridgehead atoms. The zero-order valence-electron chi connectivity index (χ0n) is 14.2. The molecule has 0 fully saturated rings. The molecule has 0 N–H and O–H groups in total. The molecule has 26 heavy (non-hydrogen) atoms. The first-order valence-corrected chi connectivity index (χ1v) is 9.38. The average Bonchev–Trinajstić information content (AvgIpc) is 3.18. The largest absolute Gasteiger partial charge is 0.0675 e. The molecule has 0 spiro atoms. The van der Waals surface area contributed by atoms with Gasteiger partial charge in [-0.15, -0.1) is 0 Å². The lowest BCUT2D eigenvalue weighted by Crippen LogP contribution is -2.06. The number of benzene rings is 4. The van der Waals surface area contributed by atoms with Crippen LogP contribution in [-0.2, 0) is 0 Å². The SMILES string of the molecule is C1=C2C(=CC3c4cccc5cccc(c45)C13)c1cccc3cccc2c13. The van der Waals surface area contributed by atoms with Crippen LogP contribution in [0.2, 0.25) is 0 Å². The van der Waals surface area contributed by atoms with Gasteiger partial charge in [-0.2, -0.15) is 0 Å². The minimum Gasteiger partial charge on any atom is -0.0675 e. The van der Waals surface area contributed by atoms with E-state index in [4.69, 9.17) is 0 Å². The maximum Gasteiger partial charge on any atom is 0.0138 e. The van der Waals surface area contributed by atoms with Gasteiger partial charge in [0, 0.05) is 11.8 Å². The van der Waals surface area contributed by atoms with E-state index in [1.807, 2.05) is 0 Å². The Morgan fingerprint density at radius 2 is 0.923 bits per heavy atom. The van der Waals surface area contributed by atoms with Crippen molar-refractivity contribution in [1.82, 2.24) is 0 Å². The Morgan fingerprint density at radius 3 is 1.46 bits per heavy atom. The minimum absolute atomic E-state index is 0.458. The summed E-state index contributed by atoms with van der Waals surface area (Å²) in [5.74, 6) is 0.916. The second-order valence-corrected chi connectivity index (χ2v) is 7.71. The highest BCUT2D eigenvalue weighted by Crippen LogP contribution is 2.57. The normalized spacial score (nSPS) is 21.5. The Balaban J connectivity index is 1.57. The Morgan fingerprint density at radius 1 is 0.462 bits per heavy atom. The van der Waals surface area contributed by atoms with E-state index in [9.17, 15) is 0 Å². The molecular formula is C26H16. The van der Waals surface area contributed by atoms with Crippen LogP contribution in [0, 0.1) is 0 Å². The average molecular weight is 328 g/mol. The summed E-state index contributed by atoms with van der Waals surface area (Å²) in [7, 11) is 0. The fraction of sp³-hybridized carbons (Fsp3) is 0.0769. The van der Waals surface area contributed by atoms with Gasteiger partial charge >= 0.3 is 0 Å². The summed E-state index contributed by atoms with van der Waals surface area (Å²) in [5.41, 5.74) is 8.67. The van der Waals surface area contributed by atoms with Crippen molar-refractivity contribution in [2.45, 2.75) is 11.8 Å². The minimum atomic E-state index is 0.458. The van der Waals surface area contributed by atoms with Crippen LogP contribution < -0.4 is 0 Å². The second-order valence-electron chi connectivity index (χ2n) is 7.71. The van der Waals surface area contributed by atoms with Crippen molar-refractivity contribution in [1.29, 1.82) is 0 Å². The summed E-state index contributed by atoms with van der Waals surface area (Å²) in [6.07, 6.45) is 5.09.